The van der Waals surface area contributed by atoms with Crippen molar-refractivity contribution in [3.63, 3.8) is 0 Å². The molecule has 0 unspecified atom stereocenters. The number of hydrogen-bond donors (Lipinski definition) is 1. The van der Waals surface area contributed by atoms with Crippen molar-refractivity contribution in [3.05, 3.63) is 63.5 Å². The maximum Gasteiger partial charge on any atom is 0.311 e. The third-order valence-corrected chi connectivity index (χ3v) is 3.06. The Kier molecular flexibility index (Phi) is 4.49. The van der Waals surface area contributed by atoms with Crippen LogP contribution in [0.25, 0.3) is 0 Å². The highest BCUT2D eigenvalue weighted by atomic mass is 19.1. The van der Waals surface area contributed by atoms with Crippen LogP contribution in [0.5, 0.6) is 11.5 Å². The molecule has 0 saturated carbocycles. The molecule has 0 aliphatic carbocycles. The predicted octanol–water partition coefficient (Wildman–Crippen LogP) is 3.58. The van der Waals surface area contributed by atoms with E-state index in [0.717, 1.165) is 5.56 Å². The maximum absolute atomic E-state index is 13.8. The summed E-state index contributed by atoms with van der Waals surface area (Å²) in [4.78, 5) is 10.5. The number of nitro benzene ring substituents is 1. The molecule has 1 N–H and O–H groups in total. The van der Waals surface area contributed by atoms with Crippen LogP contribution >= 0.6 is 0 Å². The molecule has 0 fully saturated rings. The number of ether oxygens (including phenoxy) is 1. The van der Waals surface area contributed by atoms with E-state index in [0.29, 0.717) is 6.42 Å². The molecule has 0 saturated heterocycles. The van der Waals surface area contributed by atoms with Crippen molar-refractivity contribution in [2.45, 2.75) is 20.0 Å². The quantitative estimate of drug-likeness (QED) is 0.675. The summed E-state index contributed by atoms with van der Waals surface area (Å²) >= 11 is 0. The molecule has 5 nitrogen and oxygen atoms in total. The number of aliphatic hydroxyl groups excluding tert-OH is 1. The molecule has 0 heterocycles. The SMILES string of the molecule is CCc1ccc(Oc2c(F)cccc2CO)c([N+](=O)[O-])c1. The second kappa shape index (κ2) is 6.32. The van der Waals surface area contributed by atoms with Gasteiger partial charge in [0.2, 0.25) is 5.75 Å². The Balaban J connectivity index is 2.47. The van der Waals surface area contributed by atoms with E-state index < -0.39 is 17.3 Å². The fourth-order valence-corrected chi connectivity index (χ4v) is 1.91. The molecule has 110 valence electrons. The van der Waals surface area contributed by atoms with E-state index in [1.54, 1.807) is 6.07 Å². The summed E-state index contributed by atoms with van der Waals surface area (Å²) in [5.74, 6) is -0.945. The fraction of sp³-hybridized carbons (Fsp3) is 0.200. The lowest BCUT2D eigenvalue weighted by Crippen LogP contribution is -1.99. The van der Waals surface area contributed by atoms with Crippen LogP contribution in [-0.2, 0) is 13.0 Å². The summed E-state index contributed by atoms with van der Waals surface area (Å²) in [6, 6.07) is 8.61. The van der Waals surface area contributed by atoms with Gasteiger partial charge < -0.3 is 9.84 Å². The normalized spacial score (nSPS) is 10.4. The number of nitrogens with zero attached hydrogens (tertiary/aromatic N) is 1. The fourth-order valence-electron chi connectivity index (χ4n) is 1.91. The second-order valence-corrected chi connectivity index (χ2v) is 4.40. The number of hydrogen-bond acceptors (Lipinski definition) is 4. The first-order valence-corrected chi connectivity index (χ1v) is 6.40. The van der Waals surface area contributed by atoms with Crippen molar-refractivity contribution in [2.24, 2.45) is 0 Å². The van der Waals surface area contributed by atoms with Crippen LogP contribution in [0.15, 0.2) is 36.4 Å². The Bertz CT molecular complexity index is 673. The van der Waals surface area contributed by atoms with E-state index in [9.17, 15) is 19.6 Å². The van der Waals surface area contributed by atoms with Crippen LogP contribution in [0.4, 0.5) is 10.1 Å². The monoisotopic (exact) mass is 291 g/mol. The van der Waals surface area contributed by atoms with Crippen LogP contribution in [0.1, 0.15) is 18.1 Å². The van der Waals surface area contributed by atoms with Crippen molar-refractivity contribution >= 4 is 5.69 Å². The van der Waals surface area contributed by atoms with E-state index in [1.165, 1.54) is 30.3 Å². The zero-order chi connectivity index (χ0) is 15.4. The minimum Gasteiger partial charge on any atom is -0.447 e. The molecule has 2 rings (SSSR count). The van der Waals surface area contributed by atoms with Gasteiger partial charge in [0.1, 0.15) is 0 Å². The molecule has 0 bridgehead atoms. The van der Waals surface area contributed by atoms with Crippen molar-refractivity contribution in [1.82, 2.24) is 0 Å². The van der Waals surface area contributed by atoms with Crippen LogP contribution < -0.4 is 4.74 Å². The van der Waals surface area contributed by atoms with E-state index in [-0.39, 0.29) is 22.7 Å². The lowest BCUT2D eigenvalue weighted by molar-refractivity contribution is -0.385. The lowest BCUT2D eigenvalue weighted by Gasteiger charge is -2.11. The van der Waals surface area contributed by atoms with Gasteiger partial charge >= 0.3 is 5.69 Å². The van der Waals surface area contributed by atoms with Crippen LogP contribution in [0.3, 0.4) is 0 Å². The minimum atomic E-state index is -0.685. The second-order valence-electron chi connectivity index (χ2n) is 4.40. The molecule has 2 aromatic rings. The Labute approximate surface area is 120 Å². The molecule has 0 amide bonds. The number of aryl methyl sites for hydroxylation is 1. The average Bonchev–Trinajstić information content (AvgIpc) is 2.49. The van der Waals surface area contributed by atoms with Gasteiger partial charge in [-0.1, -0.05) is 25.1 Å². The third-order valence-electron chi connectivity index (χ3n) is 3.06. The average molecular weight is 291 g/mol. The van der Waals surface area contributed by atoms with Gasteiger partial charge in [-0.3, -0.25) is 10.1 Å². The molecule has 0 atom stereocenters. The smallest absolute Gasteiger partial charge is 0.311 e. The molecule has 0 aromatic heterocycles. The number of benzene rings is 2. The Morgan fingerprint density at radius 2 is 2.10 bits per heavy atom. The first-order valence-electron chi connectivity index (χ1n) is 6.40. The van der Waals surface area contributed by atoms with Gasteiger partial charge in [0.25, 0.3) is 0 Å². The van der Waals surface area contributed by atoms with Gasteiger partial charge in [-0.2, -0.15) is 0 Å². The molecular formula is C15H14FNO4. The number of halogens is 1. The number of rotatable bonds is 5. The predicted molar refractivity (Wildman–Crippen MR) is 74.9 cm³/mol. The summed E-state index contributed by atoms with van der Waals surface area (Å²) in [5.41, 5.74) is 0.773. The van der Waals surface area contributed by atoms with Crippen molar-refractivity contribution in [2.75, 3.05) is 0 Å². The highest BCUT2D eigenvalue weighted by Crippen LogP contribution is 2.35. The molecular weight excluding hydrogens is 277 g/mol. The van der Waals surface area contributed by atoms with E-state index in [1.807, 2.05) is 6.92 Å². The summed E-state index contributed by atoms with van der Waals surface area (Å²) in [7, 11) is 0. The van der Waals surface area contributed by atoms with E-state index in [2.05, 4.69) is 0 Å². The molecule has 0 aliphatic rings. The molecule has 6 heteroatoms. The van der Waals surface area contributed by atoms with Crippen LogP contribution in [0.2, 0.25) is 0 Å². The molecule has 0 spiro atoms. The summed E-state index contributed by atoms with van der Waals surface area (Å²) < 4.78 is 19.1. The maximum atomic E-state index is 13.8. The van der Waals surface area contributed by atoms with Crippen molar-refractivity contribution in [3.8, 4) is 11.5 Å². The largest absolute Gasteiger partial charge is 0.447 e. The number of aliphatic hydroxyl groups is 1. The van der Waals surface area contributed by atoms with Crippen molar-refractivity contribution in [1.29, 1.82) is 0 Å². The van der Waals surface area contributed by atoms with Crippen molar-refractivity contribution < 1.29 is 19.2 Å². The zero-order valence-corrected chi connectivity index (χ0v) is 11.4. The summed E-state index contributed by atoms with van der Waals surface area (Å²) in [6.45, 7) is 1.45. The lowest BCUT2D eigenvalue weighted by atomic mass is 10.1. The standard InChI is InChI=1S/C15H14FNO4/c1-2-10-6-7-14(13(8-10)17(19)20)21-15-11(9-18)4-3-5-12(15)16/h3-8,18H,2,9H2,1H3. The Morgan fingerprint density at radius 1 is 1.33 bits per heavy atom. The van der Waals surface area contributed by atoms with Crippen LogP contribution in [-0.4, -0.2) is 10.0 Å². The highest BCUT2D eigenvalue weighted by Gasteiger charge is 2.19. The van der Waals surface area contributed by atoms with Gasteiger partial charge in [0, 0.05) is 11.6 Å². The highest BCUT2D eigenvalue weighted by molar-refractivity contribution is 5.51. The molecule has 21 heavy (non-hydrogen) atoms. The third kappa shape index (κ3) is 3.17. The zero-order valence-electron chi connectivity index (χ0n) is 11.4. The van der Waals surface area contributed by atoms with Gasteiger partial charge in [-0.25, -0.2) is 4.39 Å². The Morgan fingerprint density at radius 3 is 2.71 bits per heavy atom. The van der Waals surface area contributed by atoms with E-state index >= 15 is 0 Å². The molecule has 2 aromatic carbocycles. The summed E-state index contributed by atoms with van der Waals surface area (Å²) in [6.07, 6.45) is 0.642. The van der Waals surface area contributed by atoms with Crippen LogP contribution in [0, 0.1) is 15.9 Å². The van der Waals surface area contributed by atoms with E-state index in [4.69, 9.17) is 4.74 Å². The number of para-hydroxylation sites is 1. The minimum absolute atomic E-state index is 0.0583. The Hall–Kier alpha value is -2.47. The summed E-state index contributed by atoms with van der Waals surface area (Å²) in [5, 5.41) is 20.3. The number of nitro groups is 1. The van der Waals surface area contributed by atoms with Gasteiger partial charge in [0.15, 0.2) is 11.6 Å². The van der Waals surface area contributed by atoms with Gasteiger partial charge in [-0.15, -0.1) is 0 Å². The molecule has 0 radical (unpaired) electrons. The van der Waals surface area contributed by atoms with Gasteiger partial charge in [-0.05, 0) is 24.1 Å². The molecule has 0 aliphatic heterocycles. The topological polar surface area (TPSA) is 72.6 Å². The first kappa shape index (κ1) is 14.9. The van der Waals surface area contributed by atoms with Gasteiger partial charge in [0.05, 0.1) is 11.5 Å². The first-order chi connectivity index (χ1) is 10.1.